The monoisotopic (exact) mass is 306 g/mol. The first-order chi connectivity index (χ1) is 10.1. The van der Waals surface area contributed by atoms with Crippen molar-refractivity contribution >= 4 is 23.2 Å². The predicted octanol–water partition coefficient (Wildman–Crippen LogP) is 2.39. The molecular weight excluding hydrogens is 284 g/mol. The standard InChI is InChI=1S/C16H22N2O2S/c1-3-15-6-13(10-21-15)16(20)18-8-12-4-5-14(18)9-17(7-12)11(2)19/h6,10,12,14H,3-5,7-9H2,1-2H3/t12-,14+/m0/s1. The highest BCUT2D eigenvalue weighted by Crippen LogP contribution is 2.30. The van der Waals surface area contributed by atoms with Crippen molar-refractivity contribution < 1.29 is 9.59 Å². The Morgan fingerprint density at radius 2 is 2.10 bits per heavy atom. The third kappa shape index (κ3) is 2.84. The Hall–Kier alpha value is -1.36. The first-order valence-electron chi connectivity index (χ1n) is 7.72. The van der Waals surface area contributed by atoms with Crippen molar-refractivity contribution in [2.75, 3.05) is 19.6 Å². The molecule has 1 aromatic rings. The van der Waals surface area contributed by atoms with Crippen molar-refractivity contribution in [2.45, 2.75) is 39.2 Å². The van der Waals surface area contributed by atoms with Gasteiger partial charge in [0.25, 0.3) is 5.91 Å². The molecule has 3 aliphatic rings. The molecule has 1 aromatic heterocycles. The molecule has 0 unspecified atom stereocenters. The van der Waals surface area contributed by atoms with Crippen molar-refractivity contribution in [1.82, 2.24) is 9.80 Å². The number of piperidine rings is 1. The molecule has 3 fully saturated rings. The van der Waals surface area contributed by atoms with Crippen LogP contribution >= 0.6 is 11.3 Å². The quantitative estimate of drug-likeness (QED) is 0.842. The van der Waals surface area contributed by atoms with E-state index in [4.69, 9.17) is 0 Å². The normalized spacial score (nSPS) is 25.0. The zero-order chi connectivity index (χ0) is 15.0. The first-order valence-corrected chi connectivity index (χ1v) is 8.60. The lowest BCUT2D eigenvalue weighted by atomic mass is 9.94. The Bertz CT molecular complexity index is 554. The second-order valence-electron chi connectivity index (χ2n) is 6.13. The second kappa shape index (κ2) is 5.79. The highest BCUT2D eigenvalue weighted by atomic mass is 32.1. The van der Waals surface area contributed by atoms with Gasteiger partial charge in [0.05, 0.1) is 5.56 Å². The number of amides is 2. The van der Waals surface area contributed by atoms with Crippen LogP contribution in [0.2, 0.25) is 0 Å². The number of hydrogen-bond donors (Lipinski definition) is 0. The van der Waals surface area contributed by atoms with E-state index in [1.165, 1.54) is 4.88 Å². The van der Waals surface area contributed by atoms with Crippen LogP contribution in [0.15, 0.2) is 11.4 Å². The highest BCUT2D eigenvalue weighted by molar-refractivity contribution is 7.10. The minimum Gasteiger partial charge on any atom is -0.341 e. The Morgan fingerprint density at radius 3 is 2.76 bits per heavy atom. The molecule has 0 N–H and O–H groups in total. The second-order valence-corrected chi connectivity index (χ2v) is 7.13. The van der Waals surface area contributed by atoms with Crippen molar-refractivity contribution in [1.29, 1.82) is 0 Å². The van der Waals surface area contributed by atoms with Gasteiger partial charge in [-0.25, -0.2) is 0 Å². The highest BCUT2D eigenvalue weighted by Gasteiger charge is 2.38. The maximum absolute atomic E-state index is 12.8. The van der Waals surface area contributed by atoms with Crippen molar-refractivity contribution in [3.8, 4) is 0 Å². The fourth-order valence-electron chi connectivity index (χ4n) is 3.43. The van der Waals surface area contributed by atoms with Gasteiger partial charge in [0.1, 0.15) is 0 Å². The van der Waals surface area contributed by atoms with Gasteiger partial charge in [-0.2, -0.15) is 0 Å². The van der Waals surface area contributed by atoms with Crippen LogP contribution in [-0.2, 0) is 11.2 Å². The van der Waals surface area contributed by atoms with E-state index in [0.717, 1.165) is 37.9 Å². The summed E-state index contributed by atoms with van der Waals surface area (Å²) in [6.07, 6.45) is 3.12. The van der Waals surface area contributed by atoms with Crippen LogP contribution in [0.3, 0.4) is 0 Å². The number of nitrogens with zero attached hydrogens (tertiary/aromatic N) is 2. The minimum atomic E-state index is 0.130. The van der Waals surface area contributed by atoms with Crippen molar-refractivity contribution in [3.05, 3.63) is 21.9 Å². The van der Waals surface area contributed by atoms with Gasteiger partial charge in [-0.05, 0) is 31.2 Å². The number of carbonyl (C=O) groups excluding carboxylic acids is 2. The maximum atomic E-state index is 12.8. The molecule has 2 bridgehead atoms. The van der Waals surface area contributed by atoms with E-state index in [0.29, 0.717) is 12.5 Å². The number of rotatable bonds is 2. The Kier molecular flexibility index (Phi) is 4.02. The topological polar surface area (TPSA) is 40.6 Å². The lowest BCUT2D eigenvalue weighted by Crippen LogP contribution is -2.47. The summed E-state index contributed by atoms with van der Waals surface area (Å²) in [5.74, 6) is 0.705. The summed E-state index contributed by atoms with van der Waals surface area (Å²) in [5.41, 5.74) is 0.818. The van der Waals surface area contributed by atoms with E-state index in [1.54, 1.807) is 18.3 Å². The number of thiophene rings is 1. The van der Waals surface area contributed by atoms with E-state index in [-0.39, 0.29) is 17.9 Å². The van der Waals surface area contributed by atoms with Crippen LogP contribution < -0.4 is 0 Å². The Morgan fingerprint density at radius 1 is 1.29 bits per heavy atom. The summed E-state index contributed by atoms with van der Waals surface area (Å²) in [4.78, 5) is 29.6. The lowest BCUT2D eigenvalue weighted by Gasteiger charge is -2.35. The third-order valence-corrected chi connectivity index (χ3v) is 5.75. The molecule has 21 heavy (non-hydrogen) atoms. The molecule has 4 heterocycles. The van der Waals surface area contributed by atoms with Gasteiger partial charge in [-0.1, -0.05) is 6.92 Å². The molecular formula is C16H22N2O2S. The van der Waals surface area contributed by atoms with E-state index in [9.17, 15) is 9.59 Å². The van der Waals surface area contributed by atoms with Crippen LogP contribution in [0, 0.1) is 5.92 Å². The molecule has 3 saturated heterocycles. The summed E-state index contributed by atoms with van der Waals surface area (Å²) in [6, 6.07) is 2.21. The van der Waals surface area contributed by atoms with Gasteiger partial charge in [-0.15, -0.1) is 11.3 Å². The fourth-order valence-corrected chi connectivity index (χ4v) is 4.24. The molecule has 4 nitrogen and oxygen atoms in total. The van der Waals surface area contributed by atoms with Gasteiger partial charge < -0.3 is 9.80 Å². The summed E-state index contributed by atoms with van der Waals surface area (Å²) in [5, 5.41) is 1.97. The van der Waals surface area contributed by atoms with Gasteiger partial charge in [0.15, 0.2) is 0 Å². The van der Waals surface area contributed by atoms with E-state index >= 15 is 0 Å². The zero-order valence-corrected chi connectivity index (χ0v) is 13.5. The molecule has 3 aliphatic heterocycles. The Labute approximate surface area is 129 Å². The van der Waals surface area contributed by atoms with Crippen molar-refractivity contribution in [3.63, 3.8) is 0 Å². The van der Waals surface area contributed by atoms with E-state index in [1.807, 2.05) is 21.2 Å². The number of carbonyl (C=O) groups is 2. The SMILES string of the molecule is CCc1cc(C(=O)N2C[C@H]3CC[C@@H]2CN(C(C)=O)C3)cs1. The van der Waals surface area contributed by atoms with Crippen LogP contribution in [0.5, 0.6) is 0 Å². The number of hydrogen-bond acceptors (Lipinski definition) is 3. The molecule has 2 atom stereocenters. The summed E-state index contributed by atoms with van der Waals surface area (Å²) in [7, 11) is 0. The summed E-state index contributed by atoms with van der Waals surface area (Å²) in [6.45, 7) is 6.04. The zero-order valence-electron chi connectivity index (χ0n) is 12.7. The largest absolute Gasteiger partial charge is 0.341 e. The van der Waals surface area contributed by atoms with Crippen LogP contribution in [-0.4, -0.2) is 47.3 Å². The number of aryl methyl sites for hydroxylation is 1. The van der Waals surface area contributed by atoms with E-state index < -0.39 is 0 Å². The van der Waals surface area contributed by atoms with Crippen LogP contribution in [0.4, 0.5) is 0 Å². The average Bonchev–Trinajstić information content (AvgIpc) is 2.77. The van der Waals surface area contributed by atoms with Crippen LogP contribution in [0.25, 0.3) is 0 Å². The predicted molar refractivity (Wildman–Crippen MR) is 83.5 cm³/mol. The van der Waals surface area contributed by atoms with Gasteiger partial charge in [0, 0.05) is 42.9 Å². The molecule has 0 saturated carbocycles. The molecule has 0 radical (unpaired) electrons. The lowest BCUT2D eigenvalue weighted by molar-refractivity contribution is -0.129. The minimum absolute atomic E-state index is 0.130. The molecule has 114 valence electrons. The van der Waals surface area contributed by atoms with Crippen molar-refractivity contribution in [2.24, 2.45) is 5.92 Å². The molecule has 0 aliphatic carbocycles. The number of fused-ring (bicyclic) bond motifs is 4. The smallest absolute Gasteiger partial charge is 0.255 e. The van der Waals surface area contributed by atoms with E-state index in [2.05, 4.69) is 6.92 Å². The van der Waals surface area contributed by atoms with Crippen LogP contribution in [0.1, 0.15) is 41.9 Å². The summed E-state index contributed by atoms with van der Waals surface area (Å²) >= 11 is 1.66. The maximum Gasteiger partial charge on any atom is 0.255 e. The third-order valence-electron chi connectivity index (χ3n) is 4.67. The molecule has 2 amide bonds. The average molecular weight is 306 g/mol. The Balaban J connectivity index is 1.79. The fraction of sp³-hybridized carbons (Fsp3) is 0.625. The molecule has 0 aromatic carbocycles. The van der Waals surface area contributed by atoms with Gasteiger partial charge in [-0.3, -0.25) is 9.59 Å². The molecule has 4 rings (SSSR count). The van der Waals surface area contributed by atoms with Gasteiger partial charge in [0.2, 0.25) is 5.91 Å². The molecule has 0 spiro atoms. The molecule has 5 heteroatoms. The summed E-state index contributed by atoms with van der Waals surface area (Å²) < 4.78 is 0. The van der Waals surface area contributed by atoms with Gasteiger partial charge >= 0.3 is 0 Å². The first kappa shape index (κ1) is 14.6.